The van der Waals surface area contributed by atoms with Gasteiger partial charge in [0.05, 0.1) is 10.6 Å². The number of carbonyl (C=O) groups excluding carboxylic acids is 1. The molecule has 2 aliphatic rings. The minimum Gasteiger partial charge on any atom is -0.337 e. The van der Waals surface area contributed by atoms with Gasteiger partial charge in [-0.3, -0.25) is 9.36 Å². The Balaban J connectivity index is 1.49. The van der Waals surface area contributed by atoms with E-state index in [1.807, 2.05) is 6.07 Å². The van der Waals surface area contributed by atoms with E-state index in [0.717, 1.165) is 28.7 Å². The number of hydrogen-bond donors (Lipinski definition) is 0. The van der Waals surface area contributed by atoms with Gasteiger partial charge in [0.15, 0.2) is 11.0 Å². The molecule has 4 rings (SSSR count). The number of thiophene rings is 1. The minimum absolute atomic E-state index is 0.229. The lowest BCUT2D eigenvalue weighted by Gasteiger charge is -2.39. The van der Waals surface area contributed by atoms with Crippen molar-refractivity contribution in [1.29, 1.82) is 0 Å². The normalized spacial score (nSPS) is 23.8. The van der Waals surface area contributed by atoms with Crippen LogP contribution in [0.1, 0.15) is 52.0 Å². The highest BCUT2D eigenvalue weighted by Gasteiger charge is 2.32. The first kappa shape index (κ1) is 17.1. The van der Waals surface area contributed by atoms with Crippen molar-refractivity contribution in [3.8, 4) is 10.7 Å². The largest absolute Gasteiger partial charge is 0.337 e. The number of likely N-dealkylation sites (tertiary alicyclic amines) is 1. The Labute approximate surface area is 156 Å². The quantitative estimate of drug-likeness (QED) is 0.733. The van der Waals surface area contributed by atoms with Crippen LogP contribution in [-0.4, -0.2) is 43.4 Å². The summed E-state index contributed by atoms with van der Waals surface area (Å²) in [6.07, 6.45) is 5.80. The number of amides is 1. The van der Waals surface area contributed by atoms with Crippen LogP contribution >= 0.6 is 23.1 Å². The fraction of sp³-hybridized carbons (Fsp3) is 0.611. The second-order valence-electron chi connectivity index (χ2n) is 7.10. The van der Waals surface area contributed by atoms with Crippen LogP contribution in [0.15, 0.2) is 22.7 Å². The molecule has 5 nitrogen and oxygen atoms in total. The average molecular weight is 377 g/mol. The molecule has 0 aromatic carbocycles. The smallest absolute Gasteiger partial charge is 0.233 e. The lowest BCUT2D eigenvalue weighted by atomic mass is 9.98. The van der Waals surface area contributed by atoms with Gasteiger partial charge in [-0.05, 0) is 57.4 Å². The standard InChI is InChI=1S/C18H24N4OS2/c1-12-5-3-6-13(2)21(12)16(23)11-25-18-20-19-17(15-7-4-10-24-15)22(18)14-8-9-14/h4,7,10,12-14H,3,5-6,8-9,11H2,1-2H3/t12-,13-/m0/s1. The minimum atomic E-state index is 0.229. The Morgan fingerprint density at radius 1 is 1.24 bits per heavy atom. The Morgan fingerprint density at radius 2 is 2.00 bits per heavy atom. The molecule has 1 aliphatic heterocycles. The molecule has 0 bridgehead atoms. The molecule has 2 atom stereocenters. The first-order valence-corrected chi connectivity index (χ1v) is 10.9. The highest BCUT2D eigenvalue weighted by Crippen LogP contribution is 2.41. The van der Waals surface area contributed by atoms with E-state index in [2.05, 4.69) is 45.0 Å². The fourth-order valence-electron chi connectivity index (χ4n) is 3.72. The maximum absolute atomic E-state index is 12.8. The molecule has 2 aromatic rings. The molecule has 7 heteroatoms. The topological polar surface area (TPSA) is 51.0 Å². The Hall–Kier alpha value is -1.34. The first-order valence-electron chi connectivity index (χ1n) is 9.08. The SMILES string of the molecule is C[C@H]1CCC[C@H](C)N1C(=O)CSc1nnc(-c2cccs2)n1C1CC1. The summed E-state index contributed by atoms with van der Waals surface area (Å²) in [6.45, 7) is 4.33. The molecular weight excluding hydrogens is 352 g/mol. The van der Waals surface area contributed by atoms with Gasteiger partial charge in [0.2, 0.25) is 5.91 Å². The summed E-state index contributed by atoms with van der Waals surface area (Å²) in [5.41, 5.74) is 0. The third-order valence-corrected chi connectivity index (χ3v) is 6.92. The van der Waals surface area contributed by atoms with E-state index in [0.29, 0.717) is 23.9 Å². The van der Waals surface area contributed by atoms with Gasteiger partial charge in [0.25, 0.3) is 0 Å². The van der Waals surface area contributed by atoms with Gasteiger partial charge >= 0.3 is 0 Å². The van der Waals surface area contributed by atoms with Crippen LogP contribution < -0.4 is 0 Å². The van der Waals surface area contributed by atoms with E-state index in [4.69, 9.17) is 0 Å². The molecule has 134 valence electrons. The summed E-state index contributed by atoms with van der Waals surface area (Å²) in [7, 11) is 0. The van der Waals surface area contributed by atoms with Crippen LogP contribution in [0.5, 0.6) is 0 Å². The van der Waals surface area contributed by atoms with Crippen molar-refractivity contribution in [3.63, 3.8) is 0 Å². The van der Waals surface area contributed by atoms with Crippen LogP contribution in [0, 0.1) is 0 Å². The van der Waals surface area contributed by atoms with Gasteiger partial charge in [-0.15, -0.1) is 21.5 Å². The van der Waals surface area contributed by atoms with E-state index in [9.17, 15) is 4.79 Å². The van der Waals surface area contributed by atoms with Gasteiger partial charge in [-0.25, -0.2) is 0 Å². The Kier molecular flexibility index (Phi) is 4.86. The number of piperidine rings is 1. The molecule has 2 fully saturated rings. The molecular formula is C18H24N4OS2. The highest BCUT2D eigenvalue weighted by atomic mass is 32.2. The summed E-state index contributed by atoms with van der Waals surface area (Å²) < 4.78 is 2.24. The van der Waals surface area contributed by atoms with E-state index in [1.54, 1.807) is 23.1 Å². The predicted molar refractivity (Wildman–Crippen MR) is 102 cm³/mol. The number of thioether (sulfide) groups is 1. The molecule has 1 aliphatic carbocycles. The first-order chi connectivity index (χ1) is 12.1. The van der Waals surface area contributed by atoms with E-state index in [-0.39, 0.29) is 5.91 Å². The molecule has 1 amide bonds. The summed E-state index contributed by atoms with van der Waals surface area (Å²) in [6, 6.07) is 5.32. The zero-order valence-corrected chi connectivity index (χ0v) is 16.4. The van der Waals surface area contributed by atoms with Crippen LogP contribution in [0.25, 0.3) is 10.7 Å². The Bertz CT molecular complexity index is 728. The van der Waals surface area contributed by atoms with E-state index >= 15 is 0 Å². The van der Waals surface area contributed by atoms with Crippen LogP contribution in [0.2, 0.25) is 0 Å². The van der Waals surface area contributed by atoms with E-state index in [1.165, 1.54) is 19.3 Å². The molecule has 25 heavy (non-hydrogen) atoms. The fourth-order valence-corrected chi connectivity index (χ4v) is 5.31. The second kappa shape index (κ2) is 7.11. The van der Waals surface area contributed by atoms with Crippen LogP contribution in [-0.2, 0) is 4.79 Å². The summed E-state index contributed by atoms with van der Waals surface area (Å²) in [4.78, 5) is 16.0. The molecule has 2 aromatic heterocycles. The predicted octanol–water partition coefficient (Wildman–Crippen LogP) is 4.22. The average Bonchev–Trinajstić information content (AvgIpc) is 3.11. The third-order valence-electron chi connectivity index (χ3n) is 5.12. The van der Waals surface area contributed by atoms with Crippen molar-refractivity contribution in [2.45, 2.75) is 69.2 Å². The van der Waals surface area contributed by atoms with Crippen molar-refractivity contribution < 1.29 is 4.79 Å². The van der Waals surface area contributed by atoms with Gasteiger partial charge in [-0.1, -0.05) is 17.8 Å². The second-order valence-corrected chi connectivity index (χ2v) is 8.99. The monoisotopic (exact) mass is 376 g/mol. The van der Waals surface area contributed by atoms with Gasteiger partial charge in [0, 0.05) is 18.1 Å². The molecule has 3 heterocycles. The Morgan fingerprint density at radius 3 is 2.64 bits per heavy atom. The molecule has 0 unspecified atom stereocenters. The molecule has 0 spiro atoms. The van der Waals surface area contributed by atoms with Crippen molar-refractivity contribution in [2.24, 2.45) is 0 Å². The maximum atomic E-state index is 12.8. The lowest BCUT2D eigenvalue weighted by molar-refractivity contribution is -0.134. The molecule has 0 radical (unpaired) electrons. The number of hydrogen-bond acceptors (Lipinski definition) is 5. The third kappa shape index (κ3) is 3.49. The van der Waals surface area contributed by atoms with Crippen molar-refractivity contribution in [2.75, 3.05) is 5.75 Å². The molecule has 0 N–H and O–H groups in total. The summed E-state index contributed by atoms with van der Waals surface area (Å²) in [5, 5.41) is 11.8. The number of rotatable bonds is 5. The zero-order valence-electron chi connectivity index (χ0n) is 14.7. The maximum Gasteiger partial charge on any atom is 0.233 e. The van der Waals surface area contributed by atoms with Crippen molar-refractivity contribution >= 4 is 29.0 Å². The van der Waals surface area contributed by atoms with Gasteiger partial charge in [-0.2, -0.15) is 0 Å². The lowest BCUT2D eigenvalue weighted by Crippen LogP contribution is -2.48. The summed E-state index contributed by atoms with van der Waals surface area (Å²) in [5.74, 6) is 1.63. The van der Waals surface area contributed by atoms with Gasteiger partial charge < -0.3 is 4.90 Å². The van der Waals surface area contributed by atoms with Crippen molar-refractivity contribution in [1.82, 2.24) is 19.7 Å². The number of aromatic nitrogens is 3. The van der Waals surface area contributed by atoms with E-state index < -0.39 is 0 Å². The molecule has 1 saturated carbocycles. The van der Waals surface area contributed by atoms with Gasteiger partial charge in [0.1, 0.15) is 0 Å². The van der Waals surface area contributed by atoms with Crippen LogP contribution in [0.3, 0.4) is 0 Å². The summed E-state index contributed by atoms with van der Waals surface area (Å²) >= 11 is 3.23. The zero-order chi connectivity index (χ0) is 17.4. The highest BCUT2D eigenvalue weighted by molar-refractivity contribution is 7.99. The van der Waals surface area contributed by atoms with Crippen molar-refractivity contribution in [3.05, 3.63) is 17.5 Å². The van der Waals surface area contributed by atoms with Crippen LogP contribution in [0.4, 0.5) is 0 Å². The number of carbonyl (C=O) groups is 1. The number of nitrogens with zero attached hydrogens (tertiary/aromatic N) is 4. The molecule has 1 saturated heterocycles.